The van der Waals surface area contributed by atoms with Crippen LogP contribution in [0.3, 0.4) is 0 Å². The summed E-state index contributed by atoms with van der Waals surface area (Å²) < 4.78 is 29.6. The summed E-state index contributed by atoms with van der Waals surface area (Å²) in [5, 5.41) is 2.61. The van der Waals surface area contributed by atoms with Gasteiger partial charge in [-0.2, -0.15) is 8.78 Å². The van der Waals surface area contributed by atoms with E-state index in [-0.39, 0.29) is 10.7 Å². The second-order valence-corrected chi connectivity index (χ2v) is 6.20. The summed E-state index contributed by atoms with van der Waals surface area (Å²) in [5.41, 5.74) is 0.447. The molecule has 9 heteroatoms. The molecule has 2 rings (SSSR count). The molecule has 132 valence electrons. The third-order valence-corrected chi connectivity index (χ3v) is 4.01. The van der Waals surface area contributed by atoms with Crippen molar-refractivity contribution < 1.29 is 23.1 Å². The molecule has 1 aromatic carbocycles. The minimum Gasteiger partial charge on any atom is -0.449 e. The molecule has 0 aliphatic heterocycles. The number of hydrogen-bond acceptors (Lipinski definition) is 5. The van der Waals surface area contributed by atoms with Crippen molar-refractivity contribution in [2.24, 2.45) is 0 Å². The molecule has 0 radical (unpaired) electrons. The van der Waals surface area contributed by atoms with E-state index in [0.717, 1.165) is 0 Å². The Labute approximate surface area is 151 Å². The maximum Gasteiger partial charge on any atom is 0.338 e. The van der Waals surface area contributed by atoms with Crippen LogP contribution in [-0.2, 0) is 9.53 Å². The van der Waals surface area contributed by atoms with Crippen molar-refractivity contribution in [2.45, 2.75) is 23.7 Å². The molecule has 0 fully saturated rings. The topological polar surface area (TPSA) is 68.3 Å². The largest absolute Gasteiger partial charge is 0.449 e. The number of esters is 1. The number of ether oxygens (including phenoxy) is 1. The lowest BCUT2D eigenvalue weighted by molar-refractivity contribution is -0.123. The van der Waals surface area contributed by atoms with Crippen molar-refractivity contribution in [1.82, 2.24) is 4.98 Å². The highest BCUT2D eigenvalue weighted by Gasteiger charge is 2.20. The first kappa shape index (κ1) is 19.1. The number of alkyl halides is 2. The Morgan fingerprint density at radius 2 is 1.92 bits per heavy atom. The first-order valence-electron chi connectivity index (χ1n) is 7.04. The Hall–Kier alpha value is -2.19. The van der Waals surface area contributed by atoms with Crippen LogP contribution >= 0.6 is 23.4 Å². The van der Waals surface area contributed by atoms with Crippen LogP contribution in [0.4, 0.5) is 14.5 Å². The van der Waals surface area contributed by atoms with Crippen LogP contribution in [0.25, 0.3) is 0 Å². The molecule has 0 spiro atoms. The lowest BCUT2D eigenvalue weighted by atomic mass is 10.2. The fraction of sp³-hybridized carbons (Fsp3) is 0.188. The molecule has 2 aromatic rings. The highest BCUT2D eigenvalue weighted by Crippen LogP contribution is 2.25. The van der Waals surface area contributed by atoms with Gasteiger partial charge in [0.15, 0.2) is 11.3 Å². The Kier molecular flexibility index (Phi) is 6.72. The van der Waals surface area contributed by atoms with Gasteiger partial charge in [0.25, 0.3) is 11.7 Å². The van der Waals surface area contributed by atoms with Crippen molar-refractivity contribution in [1.29, 1.82) is 0 Å². The number of rotatable bonds is 6. The number of amides is 1. The van der Waals surface area contributed by atoms with Crippen molar-refractivity contribution in [3.05, 3.63) is 53.3 Å². The Balaban J connectivity index is 1.95. The van der Waals surface area contributed by atoms with Gasteiger partial charge in [-0.15, -0.1) is 0 Å². The number of benzene rings is 1. The molecule has 1 heterocycles. The molecule has 1 N–H and O–H groups in total. The number of nitrogens with zero attached hydrogens (tertiary/aromatic N) is 1. The van der Waals surface area contributed by atoms with Gasteiger partial charge in [0.05, 0.1) is 11.3 Å². The fourth-order valence-electron chi connectivity index (χ4n) is 1.77. The van der Waals surface area contributed by atoms with E-state index in [0.29, 0.717) is 22.3 Å². The molecule has 0 saturated carbocycles. The molecule has 1 atom stereocenters. The highest BCUT2D eigenvalue weighted by molar-refractivity contribution is 7.99. The maximum atomic E-state index is 12.3. The predicted octanol–water partition coefficient (Wildman–Crippen LogP) is 4.23. The van der Waals surface area contributed by atoms with E-state index < -0.39 is 23.7 Å². The Morgan fingerprint density at radius 1 is 1.24 bits per heavy atom. The highest BCUT2D eigenvalue weighted by atomic mass is 35.5. The average Bonchev–Trinajstić information content (AvgIpc) is 2.56. The van der Waals surface area contributed by atoms with Crippen LogP contribution in [0.5, 0.6) is 0 Å². The minimum absolute atomic E-state index is 0.112. The van der Waals surface area contributed by atoms with Crippen molar-refractivity contribution in [2.75, 3.05) is 5.32 Å². The van der Waals surface area contributed by atoms with E-state index in [4.69, 9.17) is 16.3 Å². The van der Waals surface area contributed by atoms with Crippen LogP contribution in [0.2, 0.25) is 5.15 Å². The zero-order chi connectivity index (χ0) is 18.4. The normalized spacial score (nSPS) is 11.9. The molecular weight excluding hydrogens is 374 g/mol. The Bertz CT molecular complexity index is 759. The first-order chi connectivity index (χ1) is 11.9. The molecule has 1 amide bonds. The lowest BCUT2D eigenvalue weighted by Crippen LogP contribution is -2.30. The molecule has 0 saturated heterocycles. The van der Waals surface area contributed by atoms with E-state index in [1.54, 1.807) is 12.1 Å². The number of anilines is 1. The number of nitrogens with one attached hydrogen (secondary N) is 1. The number of aromatic nitrogens is 1. The van der Waals surface area contributed by atoms with Crippen LogP contribution in [-0.4, -0.2) is 28.7 Å². The summed E-state index contributed by atoms with van der Waals surface area (Å²) in [6, 6.07) is 8.63. The summed E-state index contributed by atoms with van der Waals surface area (Å²) in [6.45, 7) is 1.40. The summed E-state index contributed by atoms with van der Waals surface area (Å²) in [4.78, 5) is 28.2. The summed E-state index contributed by atoms with van der Waals surface area (Å²) >= 11 is 6.21. The standard InChI is InChI=1S/C16H13ClF2N2O3S/c1-9(14(22)21-12-3-2-8-20-13(12)17)24-15(23)10-4-6-11(7-5-10)25-16(18)19/h2-9,16H,1H3,(H,21,22). The van der Waals surface area contributed by atoms with Gasteiger partial charge in [-0.3, -0.25) is 4.79 Å². The van der Waals surface area contributed by atoms with Gasteiger partial charge < -0.3 is 10.1 Å². The maximum absolute atomic E-state index is 12.3. The predicted molar refractivity (Wildman–Crippen MR) is 91.1 cm³/mol. The second kappa shape index (κ2) is 8.77. The van der Waals surface area contributed by atoms with Gasteiger partial charge in [0.2, 0.25) is 0 Å². The van der Waals surface area contributed by atoms with E-state index >= 15 is 0 Å². The number of halogens is 3. The quantitative estimate of drug-likeness (QED) is 0.457. The SMILES string of the molecule is CC(OC(=O)c1ccc(SC(F)F)cc1)C(=O)Nc1cccnc1Cl. The third-order valence-electron chi connectivity index (χ3n) is 2.99. The van der Waals surface area contributed by atoms with Crippen molar-refractivity contribution >= 4 is 40.9 Å². The molecule has 1 unspecified atom stereocenters. The number of pyridine rings is 1. The molecule has 1 aromatic heterocycles. The monoisotopic (exact) mass is 386 g/mol. The molecule has 0 aliphatic rings. The van der Waals surface area contributed by atoms with Gasteiger partial charge >= 0.3 is 5.97 Å². The molecule has 0 aliphatic carbocycles. The average molecular weight is 387 g/mol. The number of thioether (sulfide) groups is 1. The molecule has 5 nitrogen and oxygen atoms in total. The van der Waals surface area contributed by atoms with Crippen LogP contribution in [0, 0.1) is 0 Å². The summed E-state index contributed by atoms with van der Waals surface area (Å²) in [6.07, 6.45) is 0.385. The minimum atomic E-state index is -2.54. The molecule has 0 bridgehead atoms. The van der Waals surface area contributed by atoms with Crippen LogP contribution in [0.1, 0.15) is 17.3 Å². The van der Waals surface area contributed by atoms with Gasteiger partial charge in [-0.05, 0) is 43.3 Å². The molecular formula is C16H13ClF2N2O3S. The van der Waals surface area contributed by atoms with Crippen molar-refractivity contribution in [3.8, 4) is 0 Å². The Morgan fingerprint density at radius 3 is 2.52 bits per heavy atom. The van der Waals surface area contributed by atoms with Crippen LogP contribution in [0.15, 0.2) is 47.5 Å². The van der Waals surface area contributed by atoms with Crippen molar-refractivity contribution in [3.63, 3.8) is 0 Å². The number of hydrogen-bond donors (Lipinski definition) is 1. The van der Waals surface area contributed by atoms with E-state index in [9.17, 15) is 18.4 Å². The van der Waals surface area contributed by atoms with Gasteiger partial charge in [0.1, 0.15) is 0 Å². The number of carbonyl (C=O) groups is 2. The van der Waals surface area contributed by atoms with Gasteiger partial charge in [-0.1, -0.05) is 23.4 Å². The van der Waals surface area contributed by atoms with Gasteiger partial charge in [0, 0.05) is 11.1 Å². The summed E-state index contributed by atoms with van der Waals surface area (Å²) in [5.74, 6) is -3.86. The summed E-state index contributed by atoms with van der Waals surface area (Å²) in [7, 11) is 0. The third kappa shape index (κ3) is 5.68. The second-order valence-electron chi connectivity index (χ2n) is 4.78. The number of carbonyl (C=O) groups excluding carboxylic acids is 2. The van der Waals surface area contributed by atoms with E-state index in [2.05, 4.69) is 10.3 Å². The van der Waals surface area contributed by atoms with E-state index in [1.807, 2.05) is 0 Å². The fourth-order valence-corrected chi connectivity index (χ4v) is 2.43. The first-order valence-corrected chi connectivity index (χ1v) is 8.30. The zero-order valence-electron chi connectivity index (χ0n) is 12.9. The zero-order valence-corrected chi connectivity index (χ0v) is 14.5. The van der Waals surface area contributed by atoms with Crippen LogP contribution < -0.4 is 5.32 Å². The molecule has 25 heavy (non-hydrogen) atoms. The van der Waals surface area contributed by atoms with E-state index in [1.165, 1.54) is 37.4 Å². The lowest BCUT2D eigenvalue weighted by Gasteiger charge is -2.14. The van der Waals surface area contributed by atoms with Gasteiger partial charge in [-0.25, -0.2) is 9.78 Å². The smallest absolute Gasteiger partial charge is 0.338 e.